The number of amides is 5. The first-order valence-electron chi connectivity index (χ1n) is 24.1. The second-order valence-electron chi connectivity index (χ2n) is 20.2. The fourth-order valence-corrected chi connectivity index (χ4v) is 14.8. The number of imide groups is 1. The Morgan fingerprint density at radius 3 is 2.36 bits per heavy atom. The monoisotopic (exact) mass is 1060 g/mol. The number of nitrogens with zero attached hydrogens (tertiary/aromatic N) is 3. The van der Waals surface area contributed by atoms with Crippen molar-refractivity contribution in [3.63, 3.8) is 0 Å². The molecule has 1 aromatic heterocycles. The molecule has 5 N–H and O–H groups in total. The number of hydrogen-bond donors (Lipinski definition) is 5. The van der Waals surface area contributed by atoms with Crippen molar-refractivity contribution in [3.05, 3.63) is 106 Å². The minimum Gasteiger partial charge on any atom is -0.479 e. The van der Waals surface area contributed by atoms with E-state index < -0.39 is 79.2 Å². The molecule has 5 amide bonds. The van der Waals surface area contributed by atoms with Crippen molar-refractivity contribution in [1.82, 2.24) is 14.5 Å². The van der Waals surface area contributed by atoms with Gasteiger partial charge in [-0.2, -0.15) is 17.5 Å². The van der Waals surface area contributed by atoms with Gasteiger partial charge in [-0.3, -0.25) is 24.6 Å². The van der Waals surface area contributed by atoms with Gasteiger partial charge in [0.25, 0.3) is 5.91 Å². The Bertz CT molecular complexity index is 3280. The maximum Gasteiger partial charge on any atom is 0.421 e. The number of nitrogens with one attached hydrogen (secondary N) is 3. The number of anilines is 3. The summed E-state index contributed by atoms with van der Waals surface area (Å²) in [6, 6.07) is 20.3. The molecule has 4 saturated heterocycles. The number of fused-ring (bicyclic) bond motifs is 3. The summed E-state index contributed by atoms with van der Waals surface area (Å²) >= 11 is 0.328. The zero-order chi connectivity index (χ0) is 52.6. The van der Waals surface area contributed by atoms with E-state index >= 15 is 0 Å². The maximum atomic E-state index is 14.5. The highest BCUT2D eigenvalue weighted by Crippen LogP contribution is 2.52. The first-order valence-corrected chi connectivity index (χ1v) is 26.6. The first-order chi connectivity index (χ1) is 35.1. The second-order valence-corrected chi connectivity index (χ2v) is 23.2. The molecule has 17 nitrogen and oxygen atoms in total. The van der Waals surface area contributed by atoms with Gasteiger partial charge in [-0.15, -0.1) is 11.3 Å². The molecular weight excluding hydrogens is 1010 g/mol. The summed E-state index contributed by atoms with van der Waals surface area (Å²) < 4.78 is 78.6. The number of carboxylic acid groups (broad SMARTS) is 2. The van der Waals surface area contributed by atoms with Crippen LogP contribution >= 0.6 is 11.3 Å². The smallest absolute Gasteiger partial charge is 0.421 e. The largest absolute Gasteiger partial charge is 0.479 e. The number of alkyl halides is 3. The Morgan fingerprint density at radius 1 is 0.932 bits per heavy atom. The minimum atomic E-state index is -5.09. The molecule has 5 aromatic rings. The van der Waals surface area contributed by atoms with Crippen molar-refractivity contribution in [2.45, 2.75) is 88.3 Å². The topological polar surface area (TPSA) is 232 Å². The lowest BCUT2D eigenvalue weighted by Crippen LogP contribution is -2.64. The van der Waals surface area contributed by atoms with Crippen molar-refractivity contribution in [3.8, 4) is 16.2 Å². The molecule has 5 aliphatic heterocycles. The number of aromatic carboxylic acids is 1. The van der Waals surface area contributed by atoms with Crippen LogP contribution in [0.3, 0.4) is 0 Å². The Hall–Kier alpha value is -7.04. The second kappa shape index (κ2) is 19.0. The van der Waals surface area contributed by atoms with Crippen LogP contribution in [-0.2, 0) is 36.3 Å². The Balaban J connectivity index is 0.780. The van der Waals surface area contributed by atoms with Gasteiger partial charge in [0.2, 0.25) is 21.8 Å². The normalized spacial score (nSPS) is 22.0. The molecule has 4 aromatic carbocycles. The van der Waals surface area contributed by atoms with E-state index in [0.717, 1.165) is 16.3 Å². The molecule has 11 rings (SSSR count). The number of carboxylic acids is 2. The quantitative estimate of drug-likeness (QED) is 0.0701. The molecule has 0 radical (unpaired) electrons. The van der Waals surface area contributed by atoms with E-state index in [1.807, 2.05) is 38.1 Å². The number of sulfonamides is 1. The maximum absolute atomic E-state index is 14.5. The number of likely N-dealkylation sites (tertiary alicyclic amines) is 1. The molecule has 22 heteroatoms. The number of carbonyl (C=O) groups is 6. The third kappa shape index (κ3) is 9.42. The standard InChI is InChI=1S/C52H51F3N6O11S2/c1-51(2)23-30-24-60(39(51)22-36(30)56-32-9-4-7-29(21-32)45-43(52(53,54)55)44(72-25-41(63)64)46(73-45)49(67)68)74(70,71)26-27-6-3-8-31(20-27)57-50(69)59-18-16-28(17-19-59)33-12-13-37-42-34(33)10-5-11-35(42)48(66)61(37)38-14-15-40(62)58-47(38)65/h3-13,20-21,28,30,36,38-39,56H,14-19,22-26H2,1-2H3,(H,57,69)(H,63,64)(H,67,68)(H,58,62,65). The van der Waals surface area contributed by atoms with Gasteiger partial charge >= 0.3 is 24.1 Å². The van der Waals surface area contributed by atoms with E-state index in [2.05, 4.69) is 16.0 Å². The summed E-state index contributed by atoms with van der Waals surface area (Å²) in [6.07, 6.45) is -2.36. The summed E-state index contributed by atoms with van der Waals surface area (Å²) in [5.74, 6) is -5.93. The predicted molar refractivity (Wildman–Crippen MR) is 268 cm³/mol. The number of benzene rings is 4. The Labute approximate surface area is 426 Å². The van der Waals surface area contributed by atoms with Crippen molar-refractivity contribution in [2.75, 3.05) is 41.8 Å². The lowest BCUT2D eigenvalue weighted by molar-refractivity contribution is -0.143. The summed E-state index contributed by atoms with van der Waals surface area (Å²) in [6.45, 7) is 3.91. The fraction of sp³-hybridized carbons (Fsp3) is 0.385. The number of rotatable bonds is 13. The van der Waals surface area contributed by atoms with E-state index in [9.17, 15) is 55.5 Å². The van der Waals surface area contributed by atoms with E-state index in [1.165, 1.54) is 23.1 Å². The summed E-state index contributed by atoms with van der Waals surface area (Å²) in [5.41, 5.74) is 1.73. The molecule has 5 fully saturated rings. The van der Waals surface area contributed by atoms with Gasteiger partial charge < -0.3 is 30.5 Å². The van der Waals surface area contributed by atoms with Gasteiger partial charge in [0, 0.05) is 60.5 Å². The van der Waals surface area contributed by atoms with E-state index in [1.54, 1.807) is 45.6 Å². The Kier molecular flexibility index (Phi) is 13.0. The summed E-state index contributed by atoms with van der Waals surface area (Å²) in [5, 5.41) is 29.2. The summed E-state index contributed by atoms with van der Waals surface area (Å²) in [7, 11) is -3.92. The molecule has 6 aliphatic rings. The highest BCUT2D eigenvalue weighted by molar-refractivity contribution is 7.88. The van der Waals surface area contributed by atoms with Crippen LogP contribution in [0.1, 0.15) is 95.0 Å². The van der Waals surface area contributed by atoms with Crippen LogP contribution in [0.5, 0.6) is 5.75 Å². The lowest BCUT2D eigenvalue weighted by Gasteiger charge is -2.57. The third-order valence-corrected chi connectivity index (χ3v) is 18.1. The number of hydrogen-bond acceptors (Lipinski definition) is 11. The third-order valence-electron chi connectivity index (χ3n) is 15.0. The number of carbonyl (C=O) groups excluding carboxylic acids is 4. The number of halogens is 3. The molecule has 2 bridgehead atoms. The van der Waals surface area contributed by atoms with Gasteiger partial charge in [0.15, 0.2) is 17.2 Å². The fourth-order valence-electron chi connectivity index (χ4n) is 11.8. The average molecular weight is 1060 g/mol. The highest BCUT2D eigenvalue weighted by Gasteiger charge is 2.53. The lowest BCUT2D eigenvalue weighted by atomic mass is 9.63. The zero-order valence-electron chi connectivity index (χ0n) is 40.0. The molecule has 0 spiro atoms. The van der Waals surface area contributed by atoms with Crippen molar-refractivity contribution < 1.29 is 65.3 Å². The minimum absolute atomic E-state index is 0.0296. The highest BCUT2D eigenvalue weighted by atomic mass is 32.2. The van der Waals surface area contributed by atoms with Crippen LogP contribution < -0.4 is 25.6 Å². The number of ether oxygens (including phenoxy) is 1. The predicted octanol–water partition coefficient (Wildman–Crippen LogP) is 8.36. The van der Waals surface area contributed by atoms with Crippen LogP contribution in [0, 0.1) is 11.3 Å². The van der Waals surface area contributed by atoms with Crippen molar-refractivity contribution >= 4 is 84.9 Å². The summed E-state index contributed by atoms with van der Waals surface area (Å²) in [4.78, 5) is 77.2. The van der Waals surface area contributed by atoms with Crippen LogP contribution in [0.2, 0.25) is 0 Å². The Morgan fingerprint density at radius 2 is 1.66 bits per heavy atom. The molecule has 1 aliphatic carbocycles. The zero-order valence-corrected chi connectivity index (χ0v) is 41.7. The van der Waals surface area contributed by atoms with Crippen molar-refractivity contribution in [2.24, 2.45) is 11.3 Å². The van der Waals surface area contributed by atoms with E-state index in [0.29, 0.717) is 78.3 Å². The molecular formula is C52H51F3N6O11S2. The van der Waals surface area contributed by atoms with Crippen LogP contribution in [-0.4, -0.2) is 108 Å². The number of thiophene rings is 1. The molecule has 4 unspecified atom stereocenters. The molecule has 4 atom stereocenters. The van der Waals surface area contributed by atoms with Gasteiger partial charge in [-0.1, -0.05) is 56.3 Å². The van der Waals surface area contributed by atoms with Crippen LogP contribution in [0.15, 0.2) is 78.9 Å². The van der Waals surface area contributed by atoms with Crippen LogP contribution in [0.4, 0.5) is 35.0 Å². The number of aliphatic carboxylic acids is 1. The van der Waals surface area contributed by atoms with Gasteiger partial charge in [-0.05, 0) is 108 Å². The average Bonchev–Trinajstić information content (AvgIpc) is 3.88. The van der Waals surface area contributed by atoms with Crippen molar-refractivity contribution in [1.29, 1.82) is 0 Å². The number of urea groups is 1. The molecule has 74 heavy (non-hydrogen) atoms. The van der Waals surface area contributed by atoms with Crippen LogP contribution in [0.25, 0.3) is 21.2 Å². The molecule has 6 heterocycles. The van der Waals surface area contributed by atoms with E-state index in [4.69, 9.17) is 9.84 Å². The number of piperidine rings is 4. The van der Waals surface area contributed by atoms with Gasteiger partial charge in [-0.25, -0.2) is 22.8 Å². The molecule has 388 valence electrons. The van der Waals surface area contributed by atoms with E-state index in [-0.39, 0.29) is 66.4 Å². The van der Waals surface area contributed by atoms with Gasteiger partial charge in [0.1, 0.15) is 11.6 Å². The SMILES string of the molecule is CC1(C)CC2CN(S(=O)(=O)Cc3cccc(NC(=O)N4CCC(c5ccc6c7c(cccc57)C(=O)N6C5CCC(=O)NC5=O)CC4)c3)C1CC2Nc1cccc(-c2sc(C(=O)O)c(OCC(=O)O)c2C(F)(F)F)c1. The first kappa shape index (κ1) is 50.5. The van der Waals surface area contributed by atoms with Gasteiger partial charge in [0.05, 0.1) is 16.3 Å². The molecule has 1 saturated carbocycles.